The zero-order valence-electron chi connectivity index (χ0n) is 19.6. The molecule has 1 aliphatic rings. The van der Waals surface area contributed by atoms with E-state index in [0.717, 1.165) is 11.1 Å². The minimum absolute atomic E-state index is 0.0542. The molecule has 0 fully saturated rings. The van der Waals surface area contributed by atoms with Crippen LogP contribution in [0, 0.1) is 25.2 Å². The largest absolute Gasteiger partial charge is 0.484 e. The number of amides is 1. The van der Waals surface area contributed by atoms with Crippen molar-refractivity contribution in [3.05, 3.63) is 81.9 Å². The highest BCUT2D eigenvalue weighted by Gasteiger charge is 2.36. The van der Waals surface area contributed by atoms with Crippen molar-refractivity contribution in [2.45, 2.75) is 33.6 Å². The molecule has 8 heteroatoms. The van der Waals surface area contributed by atoms with Crippen LogP contribution in [0.5, 0.6) is 5.75 Å². The summed E-state index contributed by atoms with van der Waals surface area (Å²) in [6.07, 6.45) is 0. The zero-order valence-corrected chi connectivity index (χ0v) is 19.6. The Balaban J connectivity index is 1.75. The number of nitrogens with one attached hydrogen (secondary N) is 1. The lowest BCUT2D eigenvalue weighted by Gasteiger charge is -2.26. The monoisotopic (exact) mass is 461 g/mol. The van der Waals surface area contributed by atoms with Crippen molar-refractivity contribution in [3.8, 4) is 11.8 Å². The van der Waals surface area contributed by atoms with Gasteiger partial charge < -0.3 is 25.3 Å². The fraction of sp³-hybridized carbons (Fsp3) is 0.269. The lowest BCUT2D eigenvalue weighted by Crippen LogP contribution is -2.25. The Hall–Kier alpha value is -4.25. The molecular formula is C26H27N3O5. The number of carbonyl (C=O) groups is 2. The van der Waals surface area contributed by atoms with Crippen LogP contribution in [0.15, 0.2) is 65.3 Å². The van der Waals surface area contributed by atoms with Gasteiger partial charge in [0.1, 0.15) is 23.2 Å². The molecule has 0 bridgehead atoms. The fourth-order valence-electron chi connectivity index (χ4n) is 3.84. The summed E-state index contributed by atoms with van der Waals surface area (Å²) in [5.74, 6) is -0.914. The summed E-state index contributed by atoms with van der Waals surface area (Å²) in [5.41, 5.74) is 9.71. The smallest absolute Gasteiger partial charge is 0.338 e. The summed E-state index contributed by atoms with van der Waals surface area (Å²) < 4.78 is 16.2. The Morgan fingerprint density at radius 1 is 1.12 bits per heavy atom. The Kier molecular flexibility index (Phi) is 7.59. The maximum atomic E-state index is 12.6. The molecule has 0 aromatic heterocycles. The lowest BCUT2D eigenvalue weighted by atomic mass is 9.83. The van der Waals surface area contributed by atoms with Crippen LogP contribution in [-0.4, -0.2) is 25.1 Å². The van der Waals surface area contributed by atoms with Crippen molar-refractivity contribution in [2.24, 2.45) is 5.73 Å². The van der Waals surface area contributed by atoms with Crippen LogP contribution in [0.3, 0.4) is 0 Å². The summed E-state index contributed by atoms with van der Waals surface area (Å²) in [6.45, 7) is 7.23. The number of hydrogen-bond donors (Lipinski definition) is 2. The number of carbonyl (C=O) groups excluding carboxylic acids is 2. The van der Waals surface area contributed by atoms with E-state index in [2.05, 4.69) is 5.32 Å². The van der Waals surface area contributed by atoms with Crippen molar-refractivity contribution in [3.63, 3.8) is 0 Å². The summed E-state index contributed by atoms with van der Waals surface area (Å²) >= 11 is 0. The van der Waals surface area contributed by atoms with Gasteiger partial charge >= 0.3 is 5.97 Å². The number of nitrogens with two attached hydrogens (primary N) is 1. The van der Waals surface area contributed by atoms with Gasteiger partial charge in [-0.25, -0.2) is 4.79 Å². The van der Waals surface area contributed by atoms with Gasteiger partial charge in [-0.1, -0.05) is 18.2 Å². The van der Waals surface area contributed by atoms with Crippen LogP contribution in [0.25, 0.3) is 0 Å². The van der Waals surface area contributed by atoms with Gasteiger partial charge in [0, 0.05) is 5.69 Å². The number of anilines is 1. The zero-order chi connectivity index (χ0) is 24.8. The van der Waals surface area contributed by atoms with Crippen molar-refractivity contribution in [1.82, 2.24) is 0 Å². The summed E-state index contributed by atoms with van der Waals surface area (Å²) in [4.78, 5) is 24.9. The van der Waals surface area contributed by atoms with E-state index in [1.807, 2.05) is 38.1 Å². The Morgan fingerprint density at radius 3 is 2.35 bits per heavy atom. The van der Waals surface area contributed by atoms with E-state index in [1.54, 1.807) is 38.1 Å². The number of benzene rings is 2. The second kappa shape index (κ2) is 10.6. The number of esters is 1. The predicted molar refractivity (Wildman–Crippen MR) is 126 cm³/mol. The van der Waals surface area contributed by atoms with Gasteiger partial charge in [0.25, 0.3) is 5.91 Å². The van der Waals surface area contributed by atoms with E-state index in [0.29, 0.717) is 17.0 Å². The molecule has 1 aliphatic heterocycles. The van der Waals surface area contributed by atoms with E-state index in [1.165, 1.54) is 0 Å². The molecule has 0 spiro atoms. The Labute approximate surface area is 198 Å². The van der Waals surface area contributed by atoms with Crippen molar-refractivity contribution >= 4 is 17.6 Å². The molecule has 34 heavy (non-hydrogen) atoms. The molecule has 0 saturated heterocycles. The van der Waals surface area contributed by atoms with Crippen molar-refractivity contribution in [2.75, 3.05) is 18.5 Å². The van der Waals surface area contributed by atoms with E-state index in [9.17, 15) is 14.9 Å². The van der Waals surface area contributed by atoms with Crippen LogP contribution in [-0.2, 0) is 19.1 Å². The van der Waals surface area contributed by atoms with Gasteiger partial charge in [-0.3, -0.25) is 4.79 Å². The molecule has 1 atom stereocenters. The number of nitrogens with zero attached hydrogens (tertiary/aromatic N) is 1. The number of aryl methyl sites for hydroxylation is 2. The summed E-state index contributed by atoms with van der Waals surface area (Å²) in [7, 11) is 0. The van der Waals surface area contributed by atoms with E-state index in [4.69, 9.17) is 19.9 Å². The average molecular weight is 462 g/mol. The molecule has 0 saturated carbocycles. The van der Waals surface area contributed by atoms with Crippen LogP contribution in [0.1, 0.15) is 36.5 Å². The van der Waals surface area contributed by atoms with Crippen LogP contribution < -0.4 is 15.8 Å². The SMILES string of the molecule is CCOC(=O)C1=C(C)OC(N)=C(C#N)C1c1ccc(OCC(=O)Nc2cc(C)cc(C)c2)cc1. The van der Waals surface area contributed by atoms with Crippen LogP contribution in [0.2, 0.25) is 0 Å². The molecule has 8 nitrogen and oxygen atoms in total. The summed E-state index contributed by atoms with van der Waals surface area (Å²) in [6, 6.07) is 14.6. The second-order valence-corrected chi connectivity index (χ2v) is 7.90. The molecule has 176 valence electrons. The first-order valence-corrected chi connectivity index (χ1v) is 10.8. The topological polar surface area (TPSA) is 124 Å². The molecule has 3 N–H and O–H groups in total. The highest BCUT2D eigenvalue weighted by atomic mass is 16.5. The van der Waals surface area contributed by atoms with Gasteiger partial charge in [-0.15, -0.1) is 0 Å². The number of ether oxygens (including phenoxy) is 3. The minimum Gasteiger partial charge on any atom is -0.484 e. The maximum absolute atomic E-state index is 12.6. The molecule has 1 heterocycles. The number of allylic oxidation sites excluding steroid dienone is 2. The molecule has 2 aromatic rings. The number of hydrogen-bond acceptors (Lipinski definition) is 7. The first-order chi connectivity index (χ1) is 16.2. The quantitative estimate of drug-likeness (QED) is 0.598. The normalized spacial score (nSPS) is 15.3. The van der Waals surface area contributed by atoms with Crippen LogP contribution in [0.4, 0.5) is 5.69 Å². The predicted octanol–water partition coefficient (Wildman–Crippen LogP) is 3.97. The van der Waals surface area contributed by atoms with Gasteiger partial charge in [0.15, 0.2) is 6.61 Å². The molecule has 0 radical (unpaired) electrons. The number of nitriles is 1. The molecule has 3 rings (SSSR count). The van der Waals surface area contributed by atoms with Crippen molar-refractivity contribution < 1.29 is 23.8 Å². The average Bonchev–Trinajstić information content (AvgIpc) is 2.77. The van der Waals surface area contributed by atoms with E-state index < -0.39 is 11.9 Å². The standard InChI is InChI=1S/C26H27N3O5/c1-5-32-26(31)23-17(4)34-25(28)21(13-27)24(23)18-6-8-20(9-7-18)33-14-22(30)29-19-11-15(2)10-16(3)12-19/h6-12,24H,5,14,28H2,1-4H3,(H,29,30). The lowest BCUT2D eigenvalue weighted by molar-refractivity contribution is -0.139. The maximum Gasteiger partial charge on any atom is 0.338 e. The third-order valence-corrected chi connectivity index (χ3v) is 5.19. The van der Waals surface area contributed by atoms with E-state index in [-0.39, 0.29) is 41.9 Å². The van der Waals surface area contributed by atoms with E-state index >= 15 is 0 Å². The highest BCUT2D eigenvalue weighted by Crippen LogP contribution is 2.39. The van der Waals surface area contributed by atoms with Gasteiger partial charge in [0.2, 0.25) is 5.88 Å². The fourth-order valence-corrected chi connectivity index (χ4v) is 3.84. The van der Waals surface area contributed by atoms with Crippen LogP contribution >= 0.6 is 0 Å². The van der Waals surface area contributed by atoms with Gasteiger partial charge in [-0.05, 0) is 68.7 Å². The molecule has 2 aromatic carbocycles. The third kappa shape index (κ3) is 5.56. The highest BCUT2D eigenvalue weighted by molar-refractivity contribution is 5.93. The molecule has 1 unspecified atom stereocenters. The second-order valence-electron chi connectivity index (χ2n) is 7.90. The number of rotatable bonds is 7. The molecule has 1 amide bonds. The molecular weight excluding hydrogens is 434 g/mol. The van der Waals surface area contributed by atoms with Gasteiger partial charge in [0.05, 0.1) is 18.1 Å². The minimum atomic E-state index is -0.736. The third-order valence-electron chi connectivity index (χ3n) is 5.19. The first kappa shape index (κ1) is 24.4. The first-order valence-electron chi connectivity index (χ1n) is 10.8. The van der Waals surface area contributed by atoms with Crippen molar-refractivity contribution in [1.29, 1.82) is 5.26 Å². The Morgan fingerprint density at radius 2 is 1.76 bits per heavy atom. The van der Waals surface area contributed by atoms with Gasteiger partial charge in [-0.2, -0.15) is 5.26 Å². The molecule has 0 aliphatic carbocycles. The Bertz CT molecular complexity index is 1190. The summed E-state index contributed by atoms with van der Waals surface area (Å²) in [5, 5.41) is 12.5.